The van der Waals surface area contributed by atoms with E-state index in [1.54, 1.807) is 6.92 Å². The molecular weight excluding hydrogens is 258 g/mol. The van der Waals surface area contributed by atoms with Gasteiger partial charge in [-0.3, -0.25) is 9.59 Å². The van der Waals surface area contributed by atoms with Crippen LogP contribution in [0.25, 0.3) is 0 Å². The van der Waals surface area contributed by atoms with Gasteiger partial charge in [0.2, 0.25) is 5.91 Å². The minimum absolute atomic E-state index is 0.0250. The molecule has 0 fully saturated rings. The second kappa shape index (κ2) is 6.93. The molecule has 1 amide bonds. The van der Waals surface area contributed by atoms with E-state index in [0.29, 0.717) is 5.75 Å². The summed E-state index contributed by atoms with van der Waals surface area (Å²) >= 11 is 0. The number of hydrogen-bond acceptors (Lipinski definition) is 3. The number of carboxylic acid groups (broad SMARTS) is 1. The first-order valence-corrected chi connectivity index (χ1v) is 6.61. The van der Waals surface area contributed by atoms with Gasteiger partial charge in [0.1, 0.15) is 11.7 Å². The highest BCUT2D eigenvalue weighted by Crippen LogP contribution is 2.25. The summed E-state index contributed by atoms with van der Waals surface area (Å²) < 4.78 is 5.69. The minimum atomic E-state index is -1.14. The molecule has 5 heteroatoms. The van der Waals surface area contributed by atoms with Gasteiger partial charge in [-0.15, -0.1) is 0 Å². The summed E-state index contributed by atoms with van der Waals surface area (Å²) in [4.78, 5) is 22.6. The van der Waals surface area contributed by atoms with Crippen LogP contribution in [-0.4, -0.2) is 23.1 Å². The molecule has 1 aromatic rings. The first-order valence-electron chi connectivity index (χ1n) is 6.61. The van der Waals surface area contributed by atoms with Gasteiger partial charge in [0.05, 0.1) is 12.1 Å². The molecule has 0 radical (unpaired) electrons. The van der Waals surface area contributed by atoms with E-state index in [2.05, 4.69) is 5.32 Å². The number of nitrogens with one attached hydrogen (secondary N) is 1. The topological polar surface area (TPSA) is 75.6 Å². The lowest BCUT2D eigenvalue weighted by Crippen LogP contribution is -2.35. The van der Waals surface area contributed by atoms with Gasteiger partial charge in [0.15, 0.2) is 0 Å². The Morgan fingerprint density at radius 2 is 1.75 bits per heavy atom. The van der Waals surface area contributed by atoms with Crippen molar-refractivity contribution in [2.75, 3.05) is 0 Å². The number of carboxylic acids is 1. The number of carbonyl (C=O) groups excluding carboxylic acids is 1. The molecule has 0 aromatic heterocycles. The Morgan fingerprint density at radius 1 is 1.15 bits per heavy atom. The number of amides is 1. The highest BCUT2D eigenvalue weighted by Gasteiger charge is 2.23. The van der Waals surface area contributed by atoms with Crippen molar-refractivity contribution < 1.29 is 19.4 Å². The van der Waals surface area contributed by atoms with Crippen LogP contribution in [0.15, 0.2) is 24.3 Å². The number of carbonyl (C=O) groups is 2. The standard InChI is InChI=1S/C15H21NO4/c1-9(2)20-13-8-6-5-7-12(13)11(4)16-14(17)10(3)15(18)19/h5-11H,1-4H3,(H,16,17)(H,18,19). The lowest BCUT2D eigenvalue weighted by Gasteiger charge is -2.20. The maximum atomic E-state index is 11.8. The van der Waals surface area contributed by atoms with E-state index in [9.17, 15) is 9.59 Å². The van der Waals surface area contributed by atoms with Crippen LogP contribution in [0.5, 0.6) is 5.75 Å². The van der Waals surface area contributed by atoms with Crippen LogP contribution in [0.1, 0.15) is 39.3 Å². The van der Waals surface area contributed by atoms with Gasteiger partial charge < -0.3 is 15.2 Å². The van der Waals surface area contributed by atoms with Crippen molar-refractivity contribution >= 4 is 11.9 Å². The predicted molar refractivity (Wildman–Crippen MR) is 75.6 cm³/mol. The Hall–Kier alpha value is -2.04. The van der Waals surface area contributed by atoms with E-state index in [1.807, 2.05) is 38.1 Å². The molecule has 0 aliphatic heterocycles. The number of rotatable bonds is 6. The van der Waals surface area contributed by atoms with Crippen molar-refractivity contribution in [2.45, 2.75) is 39.8 Å². The van der Waals surface area contributed by atoms with Crippen LogP contribution in [-0.2, 0) is 9.59 Å². The quantitative estimate of drug-likeness (QED) is 0.784. The van der Waals surface area contributed by atoms with Crippen LogP contribution in [0.4, 0.5) is 0 Å². The summed E-state index contributed by atoms with van der Waals surface area (Å²) in [6.07, 6.45) is 0.0250. The third kappa shape index (κ3) is 4.26. The van der Waals surface area contributed by atoms with Crippen molar-refractivity contribution in [2.24, 2.45) is 5.92 Å². The summed E-state index contributed by atoms with van der Waals surface area (Å²) in [7, 11) is 0. The number of ether oxygens (including phenoxy) is 1. The Morgan fingerprint density at radius 3 is 2.30 bits per heavy atom. The van der Waals surface area contributed by atoms with Gasteiger partial charge in [-0.25, -0.2) is 0 Å². The van der Waals surface area contributed by atoms with Crippen LogP contribution in [0.2, 0.25) is 0 Å². The van der Waals surface area contributed by atoms with Gasteiger partial charge in [0, 0.05) is 5.56 Å². The van der Waals surface area contributed by atoms with E-state index < -0.39 is 17.8 Å². The van der Waals surface area contributed by atoms with Crippen molar-refractivity contribution in [3.05, 3.63) is 29.8 Å². The Balaban J connectivity index is 2.84. The van der Waals surface area contributed by atoms with Crippen LogP contribution in [0.3, 0.4) is 0 Å². The molecule has 5 nitrogen and oxygen atoms in total. The Labute approximate surface area is 118 Å². The Kier molecular flexibility index (Phi) is 5.55. The predicted octanol–water partition coefficient (Wildman–Crippen LogP) is 2.37. The molecule has 2 N–H and O–H groups in total. The molecule has 1 aromatic carbocycles. The monoisotopic (exact) mass is 279 g/mol. The molecule has 0 spiro atoms. The van der Waals surface area contributed by atoms with Gasteiger partial charge in [-0.2, -0.15) is 0 Å². The van der Waals surface area contributed by atoms with Crippen molar-refractivity contribution in [3.8, 4) is 5.75 Å². The van der Waals surface area contributed by atoms with Crippen LogP contribution < -0.4 is 10.1 Å². The molecule has 0 saturated carbocycles. The van der Waals surface area contributed by atoms with Crippen molar-refractivity contribution in [1.82, 2.24) is 5.32 Å². The fourth-order valence-corrected chi connectivity index (χ4v) is 1.73. The lowest BCUT2D eigenvalue weighted by molar-refractivity contribution is -0.146. The highest BCUT2D eigenvalue weighted by molar-refractivity contribution is 5.96. The molecular formula is C15H21NO4. The second-order valence-corrected chi connectivity index (χ2v) is 4.99. The molecule has 20 heavy (non-hydrogen) atoms. The average molecular weight is 279 g/mol. The Bertz CT molecular complexity index is 485. The smallest absolute Gasteiger partial charge is 0.315 e. The lowest BCUT2D eigenvalue weighted by atomic mass is 10.1. The van der Waals surface area contributed by atoms with Gasteiger partial charge >= 0.3 is 5.97 Å². The summed E-state index contributed by atoms with van der Waals surface area (Å²) in [5.41, 5.74) is 0.826. The first-order chi connectivity index (χ1) is 9.32. The van der Waals surface area contributed by atoms with E-state index in [0.717, 1.165) is 5.56 Å². The van der Waals surface area contributed by atoms with Gasteiger partial charge in [0.25, 0.3) is 0 Å². The molecule has 110 valence electrons. The largest absolute Gasteiger partial charge is 0.491 e. The maximum Gasteiger partial charge on any atom is 0.315 e. The molecule has 0 bridgehead atoms. The zero-order valence-corrected chi connectivity index (χ0v) is 12.2. The number of aliphatic carboxylic acids is 1. The van der Waals surface area contributed by atoms with E-state index in [4.69, 9.17) is 9.84 Å². The first kappa shape index (κ1) is 16.0. The molecule has 2 atom stereocenters. The maximum absolute atomic E-state index is 11.8. The summed E-state index contributed by atoms with van der Waals surface area (Å²) in [6.45, 7) is 7.01. The zero-order chi connectivity index (χ0) is 15.3. The van der Waals surface area contributed by atoms with E-state index >= 15 is 0 Å². The second-order valence-electron chi connectivity index (χ2n) is 4.99. The number of benzene rings is 1. The van der Waals surface area contributed by atoms with Crippen molar-refractivity contribution in [1.29, 1.82) is 0 Å². The summed E-state index contributed by atoms with van der Waals surface area (Å²) in [5, 5.41) is 11.5. The molecule has 2 unspecified atom stereocenters. The van der Waals surface area contributed by atoms with E-state index in [-0.39, 0.29) is 12.1 Å². The minimum Gasteiger partial charge on any atom is -0.491 e. The highest BCUT2D eigenvalue weighted by atomic mass is 16.5. The van der Waals surface area contributed by atoms with Crippen LogP contribution >= 0.6 is 0 Å². The van der Waals surface area contributed by atoms with Crippen molar-refractivity contribution in [3.63, 3.8) is 0 Å². The third-order valence-electron chi connectivity index (χ3n) is 2.87. The zero-order valence-electron chi connectivity index (χ0n) is 12.2. The molecule has 0 saturated heterocycles. The molecule has 1 rings (SSSR count). The molecule has 0 aliphatic rings. The molecule has 0 heterocycles. The van der Waals surface area contributed by atoms with Gasteiger partial charge in [-0.1, -0.05) is 18.2 Å². The fraction of sp³-hybridized carbons (Fsp3) is 0.467. The number of hydrogen-bond donors (Lipinski definition) is 2. The number of para-hydroxylation sites is 1. The third-order valence-corrected chi connectivity index (χ3v) is 2.87. The van der Waals surface area contributed by atoms with E-state index in [1.165, 1.54) is 6.92 Å². The normalized spacial score (nSPS) is 13.7. The van der Waals surface area contributed by atoms with Gasteiger partial charge in [-0.05, 0) is 33.8 Å². The average Bonchev–Trinajstić information content (AvgIpc) is 2.37. The van der Waals surface area contributed by atoms with Crippen LogP contribution in [0, 0.1) is 5.92 Å². The summed E-state index contributed by atoms with van der Waals surface area (Å²) in [5.74, 6) is -2.03. The molecule has 0 aliphatic carbocycles. The fourth-order valence-electron chi connectivity index (χ4n) is 1.73. The summed E-state index contributed by atoms with van der Waals surface area (Å²) in [6, 6.07) is 7.08. The SMILES string of the molecule is CC(C)Oc1ccccc1C(C)NC(=O)C(C)C(=O)O.